The molecule has 1 aliphatic heterocycles. The number of hydrogen-bond donors (Lipinski definition) is 0. The van der Waals surface area contributed by atoms with E-state index in [2.05, 4.69) is 18.8 Å². The summed E-state index contributed by atoms with van der Waals surface area (Å²) in [4.78, 5) is 4.04. The fraction of sp³-hybridized carbons (Fsp3) is 0.643. The van der Waals surface area contributed by atoms with Crippen LogP contribution in [0.25, 0.3) is 0 Å². The highest BCUT2D eigenvalue weighted by atomic mass is 35.5. The molecule has 0 bridgehead atoms. The Bertz CT molecular complexity index is 549. The van der Waals surface area contributed by atoms with Crippen molar-refractivity contribution < 1.29 is 8.42 Å². The quantitative estimate of drug-likeness (QED) is 0.802. The number of alkyl halides is 1. The second kappa shape index (κ2) is 6.00. The molecule has 0 aromatic carbocycles. The Kier molecular flexibility index (Phi) is 4.72. The van der Waals surface area contributed by atoms with Crippen LogP contribution >= 0.6 is 11.6 Å². The van der Waals surface area contributed by atoms with Crippen molar-refractivity contribution in [2.45, 2.75) is 44.0 Å². The van der Waals surface area contributed by atoms with Gasteiger partial charge in [-0.1, -0.05) is 26.3 Å². The van der Waals surface area contributed by atoms with Crippen LogP contribution in [0.3, 0.4) is 0 Å². The number of sulfonamides is 1. The van der Waals surface area contributed by atoms with Gasteiger partial charge in [-0.2, -0.15) is 4.31 Å². The third kappa shape index (κ3) is 3.15. The summed E-state index contributed by atoms with van der Waals surface area (Å²) in [5.41, 5.74) is 1.09. The summed E-state index contributed by atoms with van der Waals surface area (Å²) in [6, 6.07) is 3.26. The van der Waals surface area contributed by atoms with Gasteiger partial charge in [0.15, 0.2) is 5.03 Å². The van der Waals surface area contributed by atoms with Gasteiger partial charge in [0.05, 0.1) is 0 Å². The number of halogens is 1. The largest absolute Gasteiger partial charge is 0.260 e. The predicted molar refractivity (Wildman–Crippen MR) is 80.2 cm³/mol. The van der Waals surface area contributed by atoms with Gasteiger partial charge in [0.1, 0.15) is 0 Å². The number of piperidine rings is 1. The molecule has 6 heteroatoms. The highest BCUT2D eigenvalue weighted by molar-refractivity contribution is 7.89. The summed E-state index contributed by atoms with van der Waals surface area (Å²) >= 11 is 5.69. The van der Waals surface area contributed by atoms with E-state index < -0.39 is 10.0 Å². The lowest BCUT2D eigenvalue weighted by molar-refractivity contribution is 0.168. The van der Waals surface area contributed by atoms with E-state index in [4.69, 9.17) is 11.6 Å². The topological polar surface area (TPSA) is 50.3 Å². The molecule has 1 saturated heterocycles. The van der Waals surface area contributed by atoms with Crippen LogP contribution in [-0.2, 0) is 15.9 Å². The van der Waals surface area contributed by atoms with Crippen LogP contribution in [0.2, 0.25) is 0 Å². The van der Waals surface area contributed by atoms with Crippen molar-refractivity contribution in [1.82, 2.24) is 9.29 Å². The van der Waals surface area contributed by atoms with Crippen LogP contribution in [0.4, 0.5) is 0 Å². The molecule has 1 aliphatic rings. The van der Waals surface area contributed by atoms with Crippen molar-refractivity contribution in [2.24, 2.45) is 5.41 Å². The Labute approximate surface area is 126 Å². The minimum Gasteiger partial charge on any atom is -0.243 e. The van der Waals surface area contributed by atoms with E-state index in [-0.39, 0.29) is 10.4 Å². The Balaban J connectivity index is 2.15. The van der Waals surface area contributed by atoms with Gasteiger partial charge >= 0.3 is 0 Å². The van der Waals surface area contributed by atoms with Crippen molar-refractivity contribution in [3.8, 4) is 0 Å². The molecule has 2 rings (SSSR count). The maximum Gasteiger partial charge on any atom is 0.260 e. The summed E-state index contributed by atoms with van der Waals surface area (Å²) in [6.45, 7) is 5.54. The maximum atomic E-state index is 12.5. The van der Waals surface area contributed by atoms with Gasteiger partial charge in [-0.05, 0) is 29.9 Å². The number of rotatable bonds is 4. The highest BCUT2D eigenvalue weighted by Gasteiger charge is 2.34. The molecular weight excluding hydrogens is 296 g/mol. The molecule has 0 amide bonds. The first-order valence-electron chi connectivity index (χ1n) is 6.92. The zero-order valence-electron chi connectivity index (χ0n) is 12.0. The number of hydrogen-bond acceptors (Lipinski definition) is 3. The Morgan fingerprint density at radius 2 is 2.00 bits per heavy atom. The van der Waals surface area contributed by atoms with Crippen molar-refractivity contribution in [3.05, 3.63) is 23.9 Å². The molecule has 20 heavy (non-hydrogen) atoms. The first kappa shape index (κ1) is 15.7. The average molecular weight is 317 g/mol. The number of nitrogens with zero attached hydrogens (tertiary/aromatic N) is 2. The predicted octanol–water partition coefficient (Wildman–Crippen LogP) is 3.02. The first-order chi connectivity index (χ1) is 9.41. The lowest BCUT2D eigenvalue weighted by Crippen LogP contribution is -2.42. The molecule has 4 nitrogen and oxygen atoms in total. The SMILES string of the molecule is CCC1(C)CCN(S(=O)(=O)c2ccc(CCl)cn2)CC1. The van der Waals surface area contributed by atoms with E-state index in [1.165, 1.54) is 6.20 Å². The van der Waals surface area contributed by atoms with Crippen LogP contribution in [-0.4, -0.2) is 30.8 Å². The van der Waals surface area contributed by atoms with Crippen LogP contribution in [0.15, 0.2) is 23.4 Å². The molecule has 0 spiro atoms. The van der Waals surface area contributed by atoms with Gasteiger partial charge < -0.3 is 0 Å². The standard InChI is InChI=1S/C14H21ClN2O2S/c1-3-14(2)6-8-17(9-7-14)20(18,19)13-5-4-12(10-15)11-16-13/h4-5,11H,3,6-10H2,1-2H3. The summed E-state index contributed by atoms with van der Waals surface area (Å²) in [5, 5.41) is 0.117. The van der Waals surface area contributed by atoms with Gasteiger partial charge in [0.2, 0.25) is 0 Å². The summed E-state index contributed by atoms with van der Waals surface area (Å²) in [6.07, 6.45) is 4.43. The van der Waals surface area contributed by atoms with Crippen molar-refractivity contribution in [2.75, 3.05) is 13.1 Å². The van der Waals surface area contributed by atoms with Crippen molar-refractivity contribution in [1.29, 1.82) is 0 Å². The van der Waals surface area contributed by atoms with Crippen LogP contribution in [0.5, 0.6) is 0 Å². The highest BCUT2D eigenvalue weighted by Crippen LogP contribution is 2.35. The third-order valence-electron chi connectivity index (χ3n) is 4.34. The first-order valence-corrected chi connectivity index (χ1v) is 8.90. The zero-order valence-corrected chi connectivity index (χ0v) is 13.5. The molecule has 0 atom stereocenters. The van der Waals surface area contributed by atoms with Gasteiger partial charge in [-0.15, -0.1) is 11.6 Å². The van der Waals surface area contributed by atoms with E-state index in [0.29, 0.717) is 19.0 Å². The number of pyridine rings is 1. The molecule has 0 N–H and O–H groups in total. The van der Waals surface area contributed by atoms with Crippen LogP contribution < -0.4 is 0 Å². The van der Waals surface area contributed by atoms with E-state index >= 15 is 0 Å². The lowest BCUT2D eigenvalue weighted by atomic mass is 9.79. The monoisotopic (exact) mass is 316 g/mol. The fourth-order valence-electron chi connectivity index (χ4n) is 2.39. The van der Waals surface area contributed by atoms with E-state index in [0.717, 1.165) is 24.8 Å². The zero-order chi connectivity index (χ0) is 14.8. The smallest absolute Gasteiger partial charge is 0.243 e. The second-order valence-electron chi connectivity index (χ2n) is 5.71. The normalized spacial score (nSPS) is 19.9. The summed E-state index contributed by atoms with van der Waals surface area (Å²) < 4.78 is 26.6. The second-order valence-corrected chi connectivity index (χ2v) is 7.86. The van der Waals surface area contributed by atoms with Crippen LogP contribution in [0.1, 0.15) is 38.7 Å². The molecule has 1 aromatic rings. The summed E-state index contributed by atoms with van der Waals surface area (Å²) in [5.74, 6) is 0.339. The third-order valence-corrected chi connectivity index (χ3v) is 6.46. The molecular formula is C14H21ClN2O2S. The molecule has 1 aromatic heterocycles. The van der Waals surface area contributed by atoms with Crippen LogP contribution in [0, 0.1) is 5.41 Å². The Hall–Kier alpha value is -0.650. The molecule has 0 saturated carbocycles. The van der Waals surface area contributed by atoms with Crippen molar-refractivity contribution in [3.63, 3.8) is 0 Å². The molecule has 0 aliphatic carbocycles. The molecule has 0 unspecified atom stereocenters. The van der Waals surface area contributed by atoms with Crippen molar-refractivity contribution >= 4 is 21.6 Å². The van der Waals surface area contributed by atoms with Gasteiger partial charge in [-0.25, -0.2) is 13.4 Å². The molecule has 0 radical (unpaired) electrons. The Morgan fingerprint density at radius 1 is 1.35 bits per heavy atom. The maximum absolute atomic E-state index is 12.5. The van der Waals surface area contributed by atoms with Gasteiger partial charge in [0, 0.05) is 25.2 Å². The Morgan fingerprint density at radius 3 is 2.45 bits per heavy atom. The fourth-order valence-corrected chi connectivity index (χ4v) is 3.91. The van der Waals surface area contributed by atoms with Gasteiger partial charge in [0.25, 0.3) is 10.0 Å². The number of aromatic nitrogens is 1. The lowest BCUT2D eigenvalue weighted by Gasteiger charge is -2.37. The minimum absolute atomic E-state index is 0.117. The molecule has 112 valence electrons. The van der Waals surface area contributed by atoms with E-state index in [1.54, 1.807) is 16.4 Å². The average Bonchev–Trinajstić information content (AvgIpc) is 2.48. The van der Waals surface area contributed by atoms with Gasteiger partial charge in [-0.3, -0.25) is 0 Å². The van der Waals surface area contributed by atoms with E-state index in [9.17, 15) is 8.42 Å². The molecule has 1 fully saturated rings. The van der Waals surface area contributed by atoms with E-state index in [1.807, 2.05) is 0 Å². The minimum atomic E-state index is -3.47. The summed E-state index contributed by atoms with van der Waals surface area (Å²) in [7, 11) is -3.47. The molecule has 2 heterocycles.